The molecule has 18 nitrogen and oxygen atoms in total. The van der Waals surface area contributed by atoms with Gasteiger partial charge in [0.1, 0.15) is 36.6 Å². The summed E-state index contributed by atoms with van der Waals surface area (Å²) in [6, 6.07) is -3.03. The fourth-order valence-corrected chi connectivity index (χ4v) is 5.72. The predicted octanol–water partition coefficient (Wildman–Crippen LogP) is -7.74. The molecule has 0 amide bonds. The summed E-state index contributed by atoms with van der Waals surface area (Å²) in [6.07, 6.45) is -16.5. The molecule has 18 heteroatoms. The van der Waals surface area contributed by atoms with Gasteiger partial charge in [-0.2, -0.15) is 0 Å². The molecule has 3 unspecified atom stereocenters. The number of Topliss-reactive ketones (excluding diaryl/α,β-unsaturated/α-hetero) is 1. The number of aliphatic hydroxyl groups excluding tert-OH is 8. The van der Waals surface area contributed by atoms with Crippen molar-refractivity contribution < 1.29 is 64.6 Å². The van der Waals surface area contributed by atoms with Gasteiger partial charge >= 0.3 is 0 Å². The number of nitrogens with two attached hydrogens (primary N) is 4. The zero-order valence-electron chi connectivity index (χ0n) is 23.8. The van der Waals surface area contributed by atoms with Crippen LogP contribution in [0.25, 0.3) is 0 Å². The Hall–Kier alpha value is -1.01. The quantitative estimate of drug-likeness (QED) is 0.0795. The number of carbonyl (C=O) groups is 1. The van der Waals surface area contributed by atoms with E-state index < -0.39 is 116 Å². The van der Waals surface area contributed by atoms with Crippen LogP contribution in [0.4, 0.5) is 0 Å². The Morgan fingerprint density at radius 2 is 1.53 bits per heavy atom. The smallest absolute Gasteiger partial charge is 0.186 e. The Morgan fingerprint density at radius 1 is 0.884 bits per heavy atom. The maximum Gasteiger partial charge on any atom is 0.186 e. The molecule has 0 aromatic rings. The Morgan fingerprint density at radius 3 is 2.16 bits per heavy atom. The molecule has 252 valence electrons. The third-order valence-electron chi connectivity index (χ3n) is 8.29. The molecule has 1 saturated carbocycles. The van der Waals surface area contributed by atoms with Crippen LogP contribution in [0.15, 0.2) is 0 Å². The van der Waals surface area contributed by atoms with Crippen molar-refractivity contribution in [1.82, 2.24) is 5.32 Å². The van der Waals surface area contributed by atoms with Crippen LogP contribution >= 0.6 is 0 Å². The SMILES string of the molecule is NCC(O)C(O)C(=O)C[C@@H]1C[C@H](N)C(O[C@H]2O[C@H](CNCCO)[C@@H](O)C[C@H]2N)[C@H](O)[C@H]1O[C@H]1O[C@H](CO)[C@@H](O)[C@H](N)[C@H]1O. The summed E-state index contributed by atoms with van der Waals surface area (Å²) in [7, 11) is 0. The number of carbonyl (C=O) groups excluding carboxylic acids is 1. The third kappa shape index (κ3) is 8.83. The molecule has 17 N–H and O–H groups in total. The summed E-state index contributed by atoms with van der Waals surface area (Å²) in [5, 5.41) is 84.4. The van der Waals surface area contributed by atoms with E-state index in [4.69, 9.17) is 47.0 Å². The molecule has 2 saturated heterocycles. The highest BCUT2D eigenvalue weighted by Crippen LogP contribution is 2.36. The minimum absolute atomic E-state index is 0.0173. The molecule has 3 rings (SSSR count). The van der Waals surface area contributed by atoms with Crippen molar-refractivity contribution >= 4 is 5.78 Å². The number of hydrogen-bond acceptors (Lipinski definition) is 18. The van der Waals surface area contributed by atoms with Gasteiger partial charge in [-0.3, -0.25) is 4.79 Å². The van der Waals surface area contributed by atoms with E-state index in [9.17, 15) is 40.5 Å². The Bertz CT molecular complexity index is 864. The molecule has 2 aliphatic heterocycles. The molecule has 0 spiro atoms. The van der Waals surface area contributed by atoms with Crippen LogP contribution in [0.5, 0.6) is 0 Å². The number of ketones is 1. The zero-order chi connectivity index (χ0) is 32.0. The molecule has 0 aromatic heterocycles. The maximum absolute atomic E-state index is 12.8. The predicted molar refractivity (Wildman–Crippen MR) is 145 cm³/mol. The topological polar surface area (TPSA) is 332 Å². The van der Waals surface area contributed by atoms with Gasteiger partial charge in [-0.05, 0) is 18.8 Å². The van der Waals surface area contributed by atoms with Gasteiger partial charge in [0.25, 0.3) is 0 Å². The van der Waals surface area contributed by atoms with Gasteiger partial charge in [0, 0.05) is 32.1 Å². The van der Waals surface area contributed by atoms with Gasteiger partial charge in [-0.15, -0.1) is 0 Å². The normalized spacial score (nSPS) is 43.7. The van der Waals surface area contributed by atoms with Crippen molar-refractivity contribution in [2.75, 3.05) is 32.8 Å². The lowest BCUT2D eigenvalue weighted by Crippen LogP contribution is -2.66. The van der Waals surface area contributed by atoms with E-state index in [0.717, 1.165) is 0 Å². The van der Waals surface area contributed by atoms with Crippen molar-refractivity contribution in [3.05, 3.63) is 0 Å². The molecule has 1 aliphatic carbocycles. The second-order valence-electron chi connectivity index (χ2n) is 11.5. The van der Waals surface area contributed by atoms with Gasteiger partial charge in [0.2, 0.25) is 0 Å². The first kappa shape index (κ1) is 36.5. The van der Waals surface area contributed by atoms with E-state index in [2.05, 4.69) is 5.32 Å². The van der Waals surface area contributed by atoms with Crippen molar-refractivity contribution in [1.29, 1.82) is 0 Å². The number of hydrogen-bond donors (Lipinski definition) is 13. The van der Waals surface area contributed by atoms with E-state index in [1.54, 1.807) is 0 Å². The number of aliphatic hydroxyl groups is 8. The van der Waals surface area contributed by atoms with E-state index in [0.29, 0.717) is 0 Å². The van der Waals surface area contributed by atoms with Crippen LogP contribution in [0, 0.1) is 5.92 Å². The van der Waals surface area contributed by atoms with E-state index in [1.807, 2.05) is 0 Å². The summed E-state index contributed by atoms with van der Waals surface area (Å²) in [5.41, 5.74) is 23.8. The van der Waals surface area contributed by atoms with Gasteiger partial charge in [0.05, 0.1) is 49.7 Å². The van der Waals surface area contributed by atoms with Crippen LogP contribution in [-0.2, 0) is 23.7 Å². The van der Waals surface area contributed by atoms with Crippen LogP contribution in [0.1, 0.15) is 19.3 Å². The lowest BCUT2D eigenvalue weighted by atomic mass is 9.76. The summed E-state index contributed by atoms with van der Waals surface area (Å²) in [5.74, 6) is -1.70. The van der Waals surface area contributed by atoms with Crippen LogP contribution in [0.2, 0.25) is 0 Å². The third-order valence-corrected chi connectivity index (χ3v) is 8.29. The minimum Gasteiger partial charge on any atom is -0.395 e. The fraction of sp³-hybridized carbons (Fsp3) is 0.960. The average molecular weight is 628 g/mol. The standard InChI is InChI=1S/C25H49N5O13/c26-6-14(35)18(36)13(34)4-9-3-10(27)23(43-24-11(28)5-12(33)15(40-24)7-30-1-2-31)21(39)22(9)42-25-20(38)17(29)19(37)16(8-32)41-25/h9-12,14-25,30-33,35-39H,1-8,26-29H2/t9-,10-,11+,12-,14?,15+,16+,17-,18?,19+,20+,21+,22-,23?,24+,25+/m0/s1. The molecule has 3 fully saturated rings. The molecule has 43 heavy (non-hydrogen) atoms. The molecular weight excluding hydrogens is 578 g/mol. The highest BCUT2D eigenvalue weighted by atomic mass is 16.7. The molecule has 16 atom stereocenters. The highest BCUT2D eigenvalue weighted by molar-refractivity contribution is 5.83. The van der Waals surface area contributed by atoms with Crippen LogP contribution in [-0.4, -0.2) is 171 Å². The van der Waals surface area contributed by atoms with Crippen LogP contribution < -0.4 is 28.3 Å². The Kier molecular flexibility index (Phi) is 14.0. The summed E-state index contributed by atoms with van der Waals surface area (Å²) < 4.78 is 23.4. The maximum atomic E-state index is 12.8. The van der Waals surface area contributed by atoms with Gasteiger partial charge < -0.3 is 88.1 Å². The largest absolute Gasteiger partial charge is 0.395 e. The zero-order valence-corrected chi connectivity index (χ0v) is 23.8. The molecule has 0 bridgehead atoms. The number of ether oxygens (including phenoxy) is 4. The van der Waals surface area contributed by atoms with E-state index >= 15 is 0 Å². The van der Waals surface area contributed by atoms with Crippen LogP contribution in [0.3, 0.4) is 0 Å². The summed E-state index contributed by atoms with van der Waals surface area (Å²) >= 11 is 0. The van der Waals surface area contributed by atoms with Crippen molar-refractivity contribution in [3.8, 4) is 0 Å². The highest BCUT2D eigenvalue weighted by Gasteiger charge is 2.51. The minimum atomic E-state index is -1.82. The van der Waals surface area contributed by atoms with Crippen molar-refractivity contribution in [2.24, 2.45) is 28.9 Å². The van der Waals surface area contributed by atoms with E-state index in [-0.39, 0.29) is 39.1 Å². The second-order valence-corrected chi connectivity index (χ2v) is 11.5. The molecule has 3 aliphatic rings. The first-order valence-corrected chi connectivity index (χ1v) is 14.5. The summed E-state index contributed by atoms with van der Waals surface area (Å²) in [6.45, 7) is -0.726. The number of rotatable bonds is 14. The first-order valence-electron chi connectivity index (χ1n) is 14.5. The Labute approximate surface area is 248 Å². The molecule has 0 radical (unpaired) electrons. The fourth-order valence-electron chi connectivity index (χ4n) is 5.72. The molecule has 0 aromatic carbocycles. The molecular formula is C25H49N5O13. The van der Waals surface area contributed by atoms with Crippen molar-refractivity contribution in [2.45, 2.75) is 111 Å². The lowest BCUT2D eigenvalue weighted by Gasteiger charge is -2.48. The van der Waals surface area contributed by atoms with Crippen molar-refractivity contribution in [3.63, 3.8) is 0 Å². The lowest BCUT2D eigenvalue weighted by molar-refractivity contribution is -0.320. The Balaban J connectivity index is 1.82. The average Bonchev–Trinajstić information content (AvgIpc) is 2.98. The van der Waals surface area contributed by atoms with Gasteiger partial charge in [-0.25, -0.2) is 0 Å². The van der Waals surface area contributed by atoms with E-state index in [1.165, 1.54) is 0 Å². The second kappa shape index (κ2) is 16.5. The number of nitrogens with one attached hydrogen (secondary N) is 1. The first-order chi connectivity index (χ1) is 20.3. The van der Waals surface area contributed by atoms with Gasteiger partial charge in [0.15, 0.2) is 18.4 Å². The summed E-state index contributed by atoms with van der Waals surface area (Å²) in [4.78, 5) is 12.8. The monoisotopic (exact) mass is 627 g/mol. The van der Waals surface area contributed by atoms with Gasteiger partial charge in [-0.1, -0.05) is 0 Å². The molecule has 2 heterocycles.